The number of thiophene rings is 1. The van der Waals surface area contributed by atoms with Gasteiger partial charge in [-0.1, -0.05) is 134 Å². The molecule has 0 N–H and O–H groups in total. The quantitative estimate of drug-likeness (QED) is 0.0268. The normalized spacial score (nSPS) is 12.0. The number of unbranched alkanes of at least 4 members (excludes halogenated alkanes) is 17. The van der Waals surface area contributed by atoms with Crippen molar-refractivity contribution in [2.75, 3.05) is 70.8 Å². The van der Waals surface area contributed by atoms with Gasteiger partial charge >= 0.3 is 71.1 Å². The van der Waals surface area contributed by atoms with Gasteiger partial charge < -0.3 is 48.4 Å². The SMILES string of the molecule is CCCCCCCC/C=C/CC(CC(=O)OCCOCCOCCN(CCOCCOC(=O)CC(C/C=C/CCCCCCCCCCCCC)C(=O)[O-])c1ccc(N=Nc2sc(C#N)c(C)c2C#N)c(C)c1)C(=O)[O-].[Na+].[Na+]. The molecule has 0 aliphatic heterocycles. The van der Waals surface area contributed by atoms with Crippen molar-refractivity contribution in [3.05, 3.63) is 64.1 Å². The number of ether oxygens (including phenoxy) is 5. The summed E-state index contributed by atoms with van der Waals surface area (Å²) >= 11 is 1.11. The largest absolute Gasteiger partial charge is 1.00 e. The van der Waals surface area contributed by atoms with Gasteiger partial charge in [0.1, 0.15) is 30.2 Å². The topological polar surface area (TPSA) is 236 Å². The molecular formula is C59H87N5Na2O11S. The number of aliphatic carboxylic acids is 2. The summed E-state index contributed by atoms with van der Waals surface area (Å²) in [5.41, 5.74) is 3.13. The molecule has 0 aliphatic rings. The van der Waals surface area contributed by atoms with Crippen LogP contribution in [0.25, 0.3) is 0 Å². The van der Waals surface area contributed by atoms with Gasteiger partial charge in [0, 0.05) is 42.6 Å². The molecule has 0 spiro atoms. The molecule has 19 heteroatoms. The van der Waals surface area contributed by atoms with Crippen LogP contribution in [0.15, 0.2) is 52.7 Å². The van der Waals surface area contributed by atoms with Gasteiger partial charge in [0.05, 0.1) is 63.7 Å². The van der Waals surface area contributed by atoms with Crippen molar-refractivity contribution in [3.8, 4) is 12.1 Å². The zero-order valence-electron chi connectivity index (χ0n) is 48.2. The van der Waals surface area contributed by atoms with Gasteiger partial charge in [0.25, 0.3) is 0 Å². The molecule has 0 radical (unpaired) electrons. The van der Waals surface area contributed by atoms with Crippen LogP contribution in [0.5, 0.6) is 0 Å². The number of carboxylic acid groups (broad SMARTS) is 2. The van der Waals surface area contributed by atoms with E-state index >= 15 is 0 Å². The number of rotatable bonds is 47. The number of nitriles is 2. The van der Waals surface area contributed by atoms with Crippen molar-refractivity contribution < 1.29 is 112 Å². The summed E-state index contributed by atoms with van der Waals surface area (Å²) in [5, 5.41) is 51.5. The Hall–Kier alpha value is -3.46. The zero-order valence-corrected chi connectivity index (χ0v) is 53.0. The number of carbonyl (C=O) groups excluding carboxylic acids is 4. The van der Waals surface area contributed by atoms with E-state index in [2.05, 4.69) is 41.1 Å². The fraction of sp³-hybridized carbons (Fsp3) is 0.661. The van der Waals surface area contributed by atoms with E-state index in [4.69, 9.17) is 23.7 Å². The second-order valence-corrected chi connectivity index (χ2v) is 20.1. The first-order valence-electron chi connectivity index (χ1n) is 27.9. The zero-order chi connectivity index (χ0) is 55.4. The predicted octanol–water partition coefficient (Wildman–Crippen LogP) is 5.33. The van der Waals surface area contributed by atoms with E-state index in [1.54, 1.807) is 13.0 Å². The second kappa shape index (κ2) is 49.4. The molecule has 0 aliphatic carbocycles. The van der Waals surface area contributed by atoms with Gasteiger partial charge in [0.2, 0.25) is 0 Å². The number of nitrogens with zero attached hydrogens (tertiary/aromatic N) is 5. The van der Waals surface area contributed by atoms with Crippen LogP contribution in [0.3, 0.4) is 0 Å². The molecule has 16 nitrogen and oxygen atoms in total. The standard InChI is InChI=1S/C59H89N5O11S.2Na/c1-5-7-9-11-13-15-16-17-18-19-21-23-25-27-29-49(58(67)68)43-55(65)74-40-38-72-35-33-64(51-30-31-53(47(3)42-51)62-63-57-52(45-60)48(4)54(46-61)76-57)32-34-71-36-37-73-39-41-75-56(66)44-50(59(69)70)28-26-24-22-20-14-12-10-8-6-2;;/h24-27,30-31,42,49-50H,5-23,28-29,32-41,43-44H2,1-4H3,(H,67,68)(H,69,70);;/q;2*+1/p-2/b26-24+,27-25+,63-62?;;. The molecule has 422 valence electrons. The van der Waals surface area contributed by atoms with Crippen LogP contribution in [0.2, 0.25) is 0 Å². The molecule has 1 aromatic carbocycles. The van der Waals surface area contributed by atoms with Crippen LogP contribution in [0, 0.1) is 48.3 Å². The Bertz CT molecular complexity index is 2140. The predicted molar refractivity (Wildman–Crippen MR) is 293 cm³/mol. The Balaban J connectivity index is 0.0000296. The number of hydrogen-bond donors (Lipinski definition) is 0. The summed E-state index contributed by atoms with van der Waals surface area (Å²) in [6.45, 7) is 10.1. The van der Waals surface area contributed by atoms with Crippen LogP contribution in [0.4, 0.5) is 16.4 Å². The van der Waals surface area contributed by atoms with Crippen molar-refractivity contribution in [2.24, 2.45) is 22.1 Å². The minimum atomic E-state index is -1.28. The number of anilines is 1. The summed E-state index contributed by atoms with van der Waals surface area (Å²) in [4.78, 5) is 50.8. The first-order valence-corrected chi connectivity index (χ1v) is 28.7. The van der Waals surface area contributed by atoms with E-state index in [1.165, 1.54) is 83.5 Å². The molecular weight excluding hydrogens is 1030 g/mol. The number of hydrogen-bond acceptors (Lipinski definition) is 17. The molecule has 2 atom stereocenters. The van der Waals surface area contributed by atoms with Crippen molar-refractivity contribution in [2.45, 2.75) is 175 Å². The molecule has 1 heterocycles. The molecule has 2 aromatic rings. The van der Waals surface area contributed by atoms with E-state index in [9.17, 15) is 39.9 Å². The summed E-state index contributed by atoms with van der Waals surface area (Å²) in [6, 6.07) is 9.84. The minimum Gasteiger partial charge on any atom is -0.550 e. The van der Waals surface area contributed by atoms with Crippen LogP contribution in [-0.4, -0.2) is 89.8 Å². The van der Waals surface area contributed by atoms with E-state index in [0.717, 1.165) is 61.1 Å². The van der Waals surface area contributed by atoms with Gasteiger partial charge in [-0.2, -0.15) is 10.5 Å². The second-order valence-electron chi connectivity index (χ2n) is 19.1. The summed E-state index contributed by atoms with van der Waals surface area (Å²) < 4.78 is 27.8. The number of azo groups is 1. The third-order valence-corrected chi connectivity index (χ3v) is 13.9. The van der Waals surface area contributed by atoms with Gasteiger partial charge in [-0.15, -0.1) is 21.6 Å². The average molecular weight is 1120 g/mol. The van der Waals surface area contributed by atoms with E-state index in [-0.39, 0.29) is 131 Å². The molecule has 0 saturated carbocycles. The monoisotopic (exact) mass is 1120 g/mol. The summed E-state index contributed by atoms with van der Waals surface area (Å²) in [6.07, 6.45) is 30.2. The molecule has 78 heavy (non-hydrogen) atoms. The maximum atomic E-state index is 12.6. The Morgan fingerprint density at radius 1 is 0.603 bits per heavy atom. The third kappa shape index (κ3) is 35.3. The Kier molecular flexibility index (Phi) is 47.2. The molecule has 0 amide bonds. The maximum Gasteiger partial charge on any atom is 1.00 e. The minimum absolute atomic E-state index is 0. The van der Waals surface area contributed by atoms with Crippen molar-refractivity contribution in [3.63, 3.8) is 0 Å². The molecule has 1 aromatic heterocycles. The summed E-state index contributed by atoms with van der Waals surface area (Å²) in [5.74, 6) is -5.75. The van der Waals surface area contributed by atoms with Crippen molar-refractivity contribution in [1.29, 1.82) is 10.5 Å². The average Bonchev–Trinajstić information content (AvgIpc) is 3.72. The van der Waals surface area contributed by atoms with Gasteiger partial charge in [0.15, 0.2) is 5.00 Å². The molecule has 0 saturated heterocycles. The Morgan fingerprint density at radius 2 is 1.04 bits per heavy atom. The van der Waals surface area contributed by atoms with Crippen molar-refractivity contribution in [1.82, 2.24) is 0 Å². The molecule has 0 bridgehead atoms. The Morgan fingerprint density at radius 3 is 1.46 bits per heavy atom. The van der Waals surface area contributed by atoms with Gasteiger partial charge in [-0.05, 0) is 81.7 Å². The van der Waals surface area contributed by atoms with E-state index < -0.39 is 35.7 Å². The smallest absolute Gasteiger partial charge is 0.550 e. The van der Waals surface area contributed by atoms with Crippen LogP contribution < -0.4 is 74.2 Å². The van der Waals surface area contributed by atoms with Crippen LogP contribution in [0.1, 0.15) is 183 Å². The maximum absolute atomic E-state index is 12.6. The first-order chi connectivity index (χ1) is 36.9. The van der Waals surface area contributed by atoms with Crippen LogP contribution in [-0.2, 0) is 42.9 Å². The third-order valence-electron chi connectivity index (χ3n) is 12.9. The molecule has 0 fully saturated rings. The fourth-order valence-electron chi connectivity index (χ4n) is 8.20. The van der Waals surface area contributed by atoms with Crippen molar-refractivity contribution >= 4 is 51.6 Å². The number of benzene rings is 1. The number of aryl methyl sites for hydroxylation is 1. The number of carboxylic acids is 2. The van der Waals surface area contributed by atoms with E-state index in [0.29, 0.717) is 46.4 Å². The number of carbonyl (C=O) groups is 4. The fourth-order valence-corrected chi connectivity index (χ4v) is 9.08. The molecule has 2 unspecified atom stereocenters. The number of allylic oxidation sites excluding steroid dienone is 4. The van der Waals surface area contributed by atoms with Gasteiger partial charge in [-0.25, -0.2) is 0 Å². The molecule has 2 rings (SSSR count). The Labute approximate surface area is 514 Å². The summed E-state index contributed by atoms with van der Waals surface area (Å²) in [7, 11) is 0. The first kappa shape index (κ1) is 74.5. The van der Waals surface area contributed by atoms with Gasteiger partial charge in [-0.3, -0.25) is 9.59 Å². The van der Waals surface area contributed by atoms with E-state index in [1.807, 2.05) is 43.4 Å². The van der Waals surface area contributed by atoms with Crippen LogP contribution >= 0.6 is 11.3 Å². The number of esters is 2.